The van der Waals surface area contributed by atoms with Crippen molar-refractivity contribution < 1.29 is 5.11 Å². The minimum absolute atomic E-state index is 0.169. The topological polar surface area (TPSA) is 35.5 Å². The number of aliphatic hydroxyl groups excluding tert-OH is 1. The maximum atomic E-state index is 9.39. The van der Waals surface area contributed by atoms with Gasteiger partial charge in [0.2, 0.25) is 0 Å². The summed E-state index contributed by atoms with van der Waals surface area (Å²) in [5.74, 6) is 0.901. The molecule has 96 valence electrons. The molecule has 0 spiro atoms. The first kappa shape index (κ1) is 13.9. The minimum Gasteiger partial charge on any atom is -0.394 e. The molecule has 0 aromatic rings. The molecule has 1 fully saturated rings. The van der Waals surface area contributed by atoms with Gasteiger partial charge in [-0.05, 0) is 52.6 Å². The van der Waals surface area contributed by atoms with E-state index >= 15 is 0 Å². The minimum atomic E-state index is -0.169. The lowest BCUT2D eigenvalue weighted by atomic mass is 9.86. The standard InChI is InChI=1S/C13H28N2O/c1-11-5-7-12(8-6-11)15(4)9-13(2,10-16)14-3/h11-12,14,16H,5-10H2,1-4H3. The molecule has 1 aliphatic carbocycles. The monoisotopic (exact) mass is 228 g/mol. The molecule has 0 heterocycles. The first-order chi connectivity index (χ1) is 7.50. The second-order valence-corrected chi connectivity index (χ2v) is 5.80. The predicted octanol–water partition coefficient (Wildman–Crippen LogP) is 1.47. The molecular weight excluding hydrogens is 200 g/mol. The fourth-order valence-electron chi connectivity index (χ4n) is 2.57. The third-order valence-electron chi connectivity index (χ3n) is 4.16. The molecule has 1 rings (SSSR count). The van der Waals surface area contributed by atoms with Crippen molar-refractivity contribution in [1.29, 1.82) is 0 Å². The van der Waals surface area contributed by atoms with Crippen molar-refractivity contribution in [3.8, 4) is 0 Å². The van der Waals surface area contributed by atoms with Crippen LogP contribution in [0.1, 0.15) is 39.5 Å². The summed E-state index contributed by atoms with van der Waals surface area (Å²) in [7, 11) is 4.11. The third kappa shape index (κ3) is 3.72. The van der Waals surface area contributed by atoms with Crippen LogP contribution in [0.15, 0.2) is 0 Å². The molecule has 2 N–H and O–H groups in total. The van der Waals surface area contributed by atoms with E-state index in [1.54, 1.807) is 0 Å². The van der Waals surface area contributed by atoms with E-state index in [1.807, 2.05) is 7.05 Å². The highest BCUT2D eigenvalue weighted by Gasteiger charge is 2.28. The molecule has 0 radical (unpaired) electrons. The molecule has 0 aromatic carbocycles. The quantitative estimate of drug-likeness (QED) is 0.748. The van der Waals surface area contributed by atoms with E-state index in [4.69, 9.17) is 0 Å². The highest BCUT2D eigenvalue weighted by Crippen LogP contribution is 2.27. The number of nitrogens with one attached hydrogen (secondary N) is 1. The van der Waals surface area contributed by atoms with Gasteiger partial charge in [0, 0.05) is 12.6 Å². The zero-order chi connectivity index (χ0) is 12.2. The zero-order valence-electron chi connectivity index (χ0n) is 11.3. The molecule has 0 amide bonds. The number of likely N-dealkylation sites (N-methyl/N-ethyl adjacent to an activating group) is 2. The van der Waals surface area contributed by atoms with Gasteiger partial charge in [0.25, 0.3) is 0 Å². The molecule has 0 bridgehead atoms. The summed E-state index contributed by atoms with van der Waals surface area (Å²) >= 11 is 0. The fourth-order valence-corrected chi connectivity index (χ4v) is 2.57. The van der Waals surface area contributed by atoms with Crippen LogP contribution in [0.5, 0.6) is 0 Å². The Hall–Kier alpha value is -0.120. The van der Waals surface area contributed by atoms with Gasteiger partial charge in [-0.2, -0.15) is 0 Å². The van der Waals surface area contributed by atoms with Gasteiger partial charge in [-0.25, -0.2) is 0 Å². The van der Waals surface area contributed by atoms with E-state index in [-0.39, 0.29) is 12.1 Å². The van der Waals surface area contributed by atoms with Crippen LogP contribution in [0.4, 0.5) is 0 Å². The van der Waals surface area contributed by atoms with Crippen molar-refractivity contribution in [3.05, 3.63) is 0 Å². The van der Waals surface area contributed by atoms with Crippen LogP contribution in [0, 0.1) is 5.92 Å². The normalized spacial score (nSPS) is 30.4. The number of aliphatic hydroxyl groups is 1. The van der Waals surface area contributed by atoms with E-state index in [9.17, 15) is 5.11 Å². The van der Waals surface area contributed by atoms with Gasteiger partial charge in [0.1, 0.15) is 0 Å². The van der Waals surface area contributed by atoms with E-state index < -0.39 is 0 Å². The van der Waals surface area contributed by atoms with Gasteiger partial charge in [0.05, 0.1) is 12.1 Å². The fraction of sp³-hybridized carbons (Fsp3) is 1.00. The van der Waals surface area contributed by atoms with Crippen LogP contribution < -0.4 is 5.32 Å². The van der Waals surface area contributed by atoms with Crippen LogP contribution in [-0.4, -0.2) is 48.8 Å². The molecular formula is C13H28N2O. The predicted molar refractivity (Wildman–Crippen MR) is 68.6 cm³/mol. The Labute approximate surface area is 100 Å². The molecule has 0 aromatic heterocycles. The first-order valence-corrected chi connectivity index (χ1v) is 6.51. The second kappa shape index (κ2) is 5.99. The third-order valence-corrected chi connectivity index (χ3v) is 4.16. The van der Waals surface area contributed by atoms with Crippen LogP contribution in [-0.2, 0) is 0 Å². The largest absolute Gasteiger partial charge is 0.394 e. The Morgan fingerprint density at radius 3 is 2.31 bits per heavy atom. The molecule has 3 nitrogen and oxygen atoms in total. The van der Waals surface area contributed by atoms with Gasteiger partial charge in [0.15, 0.2) is 0 Å². The maximum absolute atomic E-state index is 9.39. The van der Waals surface area contributed by atoms with Crippen LogP contribution in [0.3, 0.4) is 0 Å². The first-order valence-electron chi connectivity index (χ1n) is 6.51. The summed E-state index contributed by atoms with van der Waals surface area (Å²) < 4.78 is 0. The summed E-state index contributed by atoms with van der Waals surface area (Å²) in [6.07, 6.45) is 5.32. The van der Waals surface area contributed by atoms with E-state index in [1.165, 1.54) is 25.7 Å². The lowest BCUT2D eigenvalue weighted by Crippen LogP contribution is -2.54. The van der Waals surface area contributed by atoms with E-state index in [0.29, 0.717) is 6.04 Å². The van der Waals surface area contributed by atoms with Crippen LogP contribution in [0.2, 0.25) is 0 Å². The Kier molecular flexibility index (Phi) is 5.22. The Morgan fingerprint density at radius 2 is 1.88 bits per heavy atom. The lowest BCUT2D eigenvalue weighted by molar-refractivity contribution is 0.0968. The Bertz CT molecular complexity index is 196. The maximum Gasteiger partial charge on any atom is 0.0623 e. The van der Waals surface area contributed by atoms with Gasteiger partial charge in [-0.3, -0.25) is 0 Å². The molecule has 1 atom stereocenters. The van der Waals surface area contributed by atoms with Crippen molar-refractivity contribution in [2.45, 2.75) is 51.1 Å². The SMILES string of the molecule is CNC(C)(CO)CN(C)C1CCC(C)CC1. The molecule has 0 saturated heterocycles. The molecule has 3 heteroatoms. The van der Waals surface area contributed by atoms with Crippen LogP contribution in [0.25, 0.3) is 0 Å². The number of hydrogen-bond donors (Lipinski definition) is 2. The summed E-state index contributed by atoms with van der Waals surface area (Å²) in [4.78, 5) is 2.42. The van der Waals surface area contributed by atoms with E-state index in [2.05, 4.69) is 31.1 Å². The Morgan fingerprint density at radius 1 is 1.31 bits per heavy atom. The van der Waals surface area contributed by atoms with Gasteiger partial charge >= 0.3 is 0 Å². The number of nitrogens with zero attached hydrogens (tertiary/aromatic N) is 1. The van der Waals surface area contributed by atoms with Crippen molar-refractivity contribution in [2.75, 3.05) is 27.2 Å². The second-order valence-electron chi connectivity index (χ2n) is 5.80. The van der Waals surface area contributed by atoms with Crippen molar-refractivity contribution in [2.24, 2.45) is 5.92 Å². The summed E-state index contributed by atoms with van der Waals surface area (Å²) in [5, 5.41) is 12.6. The zero-order valence-corrected chi connectivity index (χ0v) is 11.3. The van der Waals surface area contributed by atoms with E-state index in [0.717, 1.165) is 12.5 Å². The highest BCUT2D eigenvalue weighted by molar-refractivity contribution is 4.87. The molecule has 1 saturated carbocycles. The molecule has 1 unspecified atom stereocenters. The summed E-state index contributed by atoms with van der Waals surface area (Å²) in [5.41, 5.74) is -0.169. The van der Waals surface area contributed by atoms with Gasteiger partial charge in [-0.15, -0.1) is 0 Å². The smallest absolute Gasteiger partial charge is 0.0623 e. The number of hydrogen-bond acceptors (Lipinski definition) is 3. The van der Waals surface area contributed by atoms with Crippen molar-refractivity contribution in [3.63, 3.8) is 0 Å². The summed E-state index contributed by atoms with van der Waals surface area (Å²) in [6, 6.07) is 0.704. The van der Waals surface area contributed by atoms with Crippen molar-refractivity contribution >= 4 is 0 Å². The average Bonchev–Trinajstić information content (AvgIpc) is 2.29. The van der Waals surface area contributed by atoms with Crippen molar-refractivity contribution in [1.82, 2.24) is 10.2 Å². The molecule has 1 aliphatic rings. The van der Waals surface area contributed by atoms with Gasteiger partial charge in [-0.1, -0.05) is 6.92 Å². The molecule has 16 heavy (non-hydrogen) atoms. The van der Waals surface area contributed by atoms with Gasteiger partial charge < -0.3 is 15.3 Å². The lowest BCUT2D eigenvalue weighted by Gasteiger charge is -2.39. The number of rotatable bonds is 5. The summed E-state index contributed by atoms with van der Waals surface area (Å²) in [6.45, 7) is 5.53. The molecule has 0 aliphatic heterocycles. The highest BCUT2D eigenvalue weighted by atomic mass is 16.3. The Balaban J connectivity index is 2.42. The van der Waals surface area contributed by atoms with Crippen LogP contribution >= 0.6 is 0 Å². The average molecular weight is 228 g/mol.